The molecule has 5 rings (SSSR count). The molecule has 3 heterocycles. The number of rotatable bonds is 7. The van der Waals surface area contributed by atoms with Crippen LogP contribution in [0.25, 0.3) is 11.8 Å². The van der Waals surface area contributed by atoms with Gasteiger partial charge in [-0.15, -0.1) is 0 Å². The van der Waals surface area contributed by atoms with Crippen LogP contribution >= 0.6 is 11.3 Å². The molecule has 0 fully saturated rings. The summed E-state index contributed by atoms with van der Waals surface area (Å²) < 4.78 is 13.2. The molecule has 0 bridgehead atoms. The van der Waals surface area contributed by atoms with Crippen molar-refractivity contribution in [3.63, 3.8) is 0 Å². The van der Waals surface area contributed by atoms with Crippen molar-refractivity contribution in [2.75, 3.05) is 13.2 Å². The minimum atomic E-state index is -0.722. The summed E-state index contributed by atoms with van der Waals surface area (Å²) in [6.45, 7) is 4.42. The highest BCUT2D eigenvalue weighted by atomic mass is 32.1. The summed E-state index contributed by atoms with van der Waals surface area (Å²) in [4.78, 5) is 36.7. The number of nitrogens with zero attached hydrogens (tertiary/aromatic N) is 3. The third-order valence-electron chi connectivity index (χ3n) is 5.88. The van der Waals surface area contributed by atoms with E-state index in [0.29, 0.717) is 33.0 Å². The SMILES string of the molecule is CCOC(=O)C1=C(c2ccccc2)N=c2s/c(=C\c3ccncc3)c(=O)n2C1c1ccc(OCC)cc1. The number of esters is 1. The Morgan fingerprint density at radius 1 is 1.00 bits per heavy atom. The van der Waals surface area contributed by atoms with Crippen LogP contribution in [0.5, 0.6) is 5.75 Å². The molecule has 7 nitrogen and oxygen atoms in total. The lowest BCUT2D eigenvalue weighted by atomic mass is 9.93. The van der Waals surface area contributed by atoms with Crippen LogP contribution in [-0.4, -0.2) is 28.7 Å². The molecule has 1 unspecified atom stereocenters. The number of aromatic nitrogens is 2. The number of hydrogen-bond acceptors (Lipinski definition) is 7. The van der Waals surface area contributed by atoms with E-state index in [-0.39, 0.29) is 12.2 Å². The number of hydrogen-bond donors (Lipinski definition) is 0. The van der Waals surface area contributed by atoms with E-state index in [9.17, 15) is 9.59 Å². The Morgan fingerprint density at radius 3 is 2.41 bits per heavy atom. The Hall–Kier alpha value is -4.30. The van der Waals surface area contributed by atoms with Crippen LogP contribution in [0.4, 0.5) is 0 Å². The zero-order valence-corrected chi connectivity index (χ0v) is 21.3. The maximum atomic E-state index is 13.8. The molecule has 0 radical (unpaired) electrons. The first kappa shape index (κ1) is 24.4. The monoisotopic (exact) mass is 511 g/mol. The fourth-order valence-corrected chi connectivity index (χ4v) is 5.28. The van der Waals surface area contributed by atoms with E-state index >= 15 is 0 Å². The molecular formula is C29H25N3O4S. The van der Waals surface area contributed by atoms with Gasteiger partial charge in [0.25, 0.3) is 5.56 Å². The third-order valence-corrected chi connectivity index (χ3v) is 6.87. The van der Waals surface area contributed by atoms with Gasteiger partial charge in [-0.25, -0.2) is 9.79 Å². The van der Waals surface area contributed by atoms with Crippen molar-refractivity contribution in [2.45, 2.75) is 19.9 Å². The number of pyridine rings is 1. The number of benzene rings is 2. The van der Waals surface area contributed by atoms with Crippen molar-refractivity contribution in [3.8, 4) is 5.75 Å². The van der Waals surface area contributed by atoms with Crippen LogP contribution in [0.3, 0.4) is 0 Å². The van der Waals surface area contributed by atoms with Crippen molar-refractivity contribution < 1.29 is 14.3 Å². The average Bonchev–Trinajstić information content (AvgIpc) is 3.24. The van der Waals surface area contributed by atoms with Crippen LogP contribution in [0.2, 0.25) is 0 Å². The Bertz CT molecular complexity index is 1620. The van der Waals surface area contributed by atoms with Gasteiger partial charge >= 0.3 is 5.97 Å². The second kappa shape index (κ2) is 10.8. The van der Waals surface area contributed by atoms with Crippen molar-refractivity contribution in [3.05, 3.63) is 121 Å². The predicted octanol–water partition coefficient (Wildman–Crippen LogP) is 3.73. The molecule has 0 saturated carbocycles. The molecule has 2 aromatic carbocycles. The van der Waals surface area contributed by atoms with Gasteiger partial charge in [0, 0.05) is 18.0 Å². The molecule has 1 atom stereocenters. The molecule has 0 N–H and O–H groups in total. The van der Waals surface area contributed by atoms with Crippen molar-refractivity contribution >= 4 is 29.1 Å². The first-order chi connectivity index (χ1) is 18.1. The summed E-state index contributed by atoms with van der Waals surface area (Å²) in [6.07, 6.45) is 5.17. The maximum Gasteiger partial charge on any atom is 0.338 e. The molecule has 2 aromatic heterocycles. The van der Waals surface area contributed by atoms with Crippen molar-refractivity contribution in [2.24, 2.45) is 4.99 Å². The number of fused-ring (bicyclic) bond motifs is 1. The molecule has 186 valence electrons. The Labute approximate surface area is 217 Å². The largest absolute Gasteiger partial charge is 0.494 e. The van der Waals surface area contributed by atoms with Crippen LogP contribution in [-0.2, 0) is 9.53 Å². The number of carbonyl (C=O) groups excluding carboxylic acids is 1. The minimum absolute atomic E-state index is 0.201. The quantitative estimate of drug-likeness (QED) is 0.353. The zero-order chi connectivity index (χ0) is 25.8. The Balaban J connectivity index is 1.80. The summed E-state index contributed by atoms with van der Waals surface area (Å²) in [7, 11) is 0. The van der Waals surface area contributed by atoms with Gasteiger partial charge in [0.1, 0.15) is 5.75 Å². The lowest BCUT2D eigenvalue weighted by molar-refractivity contribution is -0.138. The molecular weight excluding hydrogens is 486 g/mol. The van der Waals surface area contributed by atoms with Gasteiger partial charge in [-0.3, -0.25) is 14.3 Å². The second-order valence-corrected chi connectivity index (χ2v) is 9.22. The van der Waals surface area contributed by atoms with E-state index in [2.05, 4.69) is 4.98 Å². The van der Waals surface area contributed by atoms with Gasteiger partial charge in [0.15, 0.2) is 4.80 Å². The van der Waals surface area contributed by atoms with Gasteiger partial charge in [0.2, 0.25) is 0 Å². The number of ether oxygens (including phenoxy) is 2. The first-order valence-electron chi connectivity index (χ1n) is 12.0. The lowest BCUT2D eigenvalue weighted by Gasteiger charge is -2.26. The molecule has 0 spiro atoms. The van der Waals surface area contributed by atoms with Gasteiger partial charge < -0.3 is 9.47 Å². The van der Waals surface area contributed by atoms with Gasteiger partial charge in [-0.05, 0) is 55.3 Å². The fraction of sp³-hybridized carbons (Fsp3) is 0.172. The van der Waals surface area contributed by atoms with E-state index in [1.165, 1.54) is 11.3 Å². The van der Waals surface area contributed by atoms with E-state index in [4.69, 9.17) is 14.5 Å². The number of carbonyl (C=O) groups is 1. The van der Waals surface area contributed by atoms with Crippen molar-refractivity contribution in [1.29, 1.82) is 0 Å². The standard InChI is InChI=1S/C29H25N3O4S/c1-3-35-22-12-10-21(11-13-22)26-24(28(34)36-4-2)25(20-8-6-5-7-9-20)31-29-32(26)27(33)23(37-29)18-19-14-16-30-17-15-19/h5-18,26H,3-4H2,1-2H3/b23-18-. The van der Waals surface area contributed by atoms with E-state index < -0.39 is 12.0 Å². The highest BCUT2D eigenvalue weighted by Crippen LogP contribution is 2.35. The second-order valence-electron chi connectivity index (χ2n) is 8.21. The third kappa shape index (κ3) is 4.88. The molecule has 0 aliphatic carbocycles. The fourth-order valence-electron chi connectivity index (χ4n) is 4.28. The summed E-state index contributed by atoms with van der Waals surface area (Å²) in [5, 5.41) is 0. The molecule has 37 heavy (non-hydrogen) atoms. The molecule has 1 aliphatic rings. The predicted molar refractivity (Wildman–Crippen MR) is 143 cm³/mol. The molecule has 0 saturated heterocycles. The van der Waals surface area contributed by atoms with E-state index in [1.54, 1.807) is 23.9 Å². The smallest absolute Gasteiger partial charge is 0.338 e. The Morgan fingerprint density at radius 2 is 1.73 bits per heavy atom. The highest BCUT2D eigenvalue weighted by molar-refractivity contribution is 7.07. The van der Waals surface area contributed by atoms with E-state index in [0.717, 1.165) is 16.7 Å². The summed E-state index contributed by atoms with van der Waals surface area (Å²) in [5.74, 6) is 0.202. The Kier molecular flexibility index (Phi) is 7.09. The minimum Gasteiger partial charge on any atom is -0.494 e. The zero-order valence-electron chi connectivity index (χ0n) is 20.5. The summed E-state index contributed by atoms with van der Waals surface area (Å²) >= 11 is 1.29. The molecule has 4 aromatic rings. The maximum absolute atomic E-state index is 13.8. The van der Waals surface area contributed by atoms with Gasteiger partial charge in [-0.1, -0.05) is 53.8 Å². The van der Waals surface area contributed by atoms with Crippen LogP contribution in [0.1, 0.15) is 36.6 Å². The molecule has 8 heteroatoms. The molecule has 1 aliphatic heterocycles. The van der Waals surface area contributed by atoms with Gasteiger partial charge in [0.05, 0.1) is 35.1 Å². The van der Waals surface area contributed by atoms with Crippen LogP contribution in [0.15, 0.2) is 94.5 Å². The van der Waals surface area contributed by atoms with E-state index in [1.807, 2.05) is 79.7 Å². The van der Waals surface area contributed by atoms with Gasteiger partial charge in [-0.2, -0.15) is 0 Å². The lowest BCUT2D eigenvalue weighted by Crippen LogP contribution is -2.40. The molecule has 0 amide bonds. The highest BCUT2D eigenvalue weighted by Gasteiger charge is 2.35. The number of thiazole rings is 1. The van der Waals surface area contributed by atoms with Crippen molar-refractivity contribution in [1.82, 2.24) is 9.55 Å². The average molecular weight is 512 g/mol. The first-order valence-corrected chi connectivity index (χ1v) is 12.8. The normalized spacial score (nSPS) is 15.2. The van der Waals surface area contributed by atoms with Crippen LogP contribution < -0.4 is 19.6 Å². The topological polar surface area (TPSA) is 82.8 Å². The summed E-state index contributed by atoms with van der Waals surface area (Å²) in [6, 6.07) is 19.9. The van der Waals surface area contributed by atoms with Crippen LogP contribution in [0, 0.1) is 0 Å². The summed E-state index contributed by atoms with van der Waals surface area (Å²) in [5.41, 5.74) is 2.97.